The minimum Gasteiger partial charge on any atom is -0.334 e. The molecule has 0 unspecified atom stereocenters. The van der Waals surface area contributed by atoms with E-state index in [0.717, 1.165) is 44.5 Å². The molecule has 2 heterocycles. The van der Waals surface area contributed by atoms with Crippen LogP contribution < -0.4 is 5.32 Å². The van der Waals surface area contributed by atoms with Gasteiger partial charge in [-0.3, -0.25) is 4.79 Å². The van der Waals surface area contributed by atoms with Crippen LogP contribution in [0.4, 0.5) is 13.2 Å². The molecule has 1 amide bonds. The molecule has 0 spiro atoms. The van der Waals surface area contributed by atoms with Crippen LogP contribution in [-0.4, -0.2) is 51.5 Å². The van der Waals surface area contributed by atoms with Crippen molar-refractivity contribution in [2.45, 2.75) is 38.4 Å². The molecule has 154 valence electrons. The molecule has 3 rings (SSSR count). The predicted octanol–water partition coefficient (Wildman–Crippen LogP) is 3.31. The van der Waals surface area contributed by atoms with E-state index in [2.05, 4.69) is 15.6 Å². The number of nitrogens with zero attached hydrogens (tertiary/aromatic N) is 4. The van der Waals surface area contributed by atoms with Crippen LogP contribution >= 0.6 is 12.4 Å². The normalized spacial score (nSPS) is 15.1. The number of piperidine rings is 1. The van der Waals surface area contributed by atoms with E-state index in [1.54, 1.807) is 4.90 Å². The molecule has 0 atom stereocenters. The molecular weight excluding hydrogens is 395 g/mol. The van der Waals surface area contributed by atoms with Crippen LogP contribution in [0.1, 0.15) is 42.2 Å². The highest BCUT2D eigenvalue weighted by Gasteiger charge is 2.31. The highest BCUT2D eigenvalue weighted by Crippen LogP contribution is 2.30. The number of halogens is 4. The lowest BCUT2D eigenvalue weighted by molar-refractivity contribution is -0.137. The van der Waals surface area contributed by atoms with Crippen LogP contribution in [0.15, 0.2) is 30.5 Å². The van der Waals surface area contributed by atoms with Crippen LogP contribution in [0.25, 0.3) is 5.69 Å². The van der Waals surface area contributed by atoms with Gasteiger partial charge in [0.05, 0.1) is 17.4 Å². The van der Waals surface area contributed by atoms with Crippen molar-refractivity contribution >= 4 is 18.3 Å². The molecule has 1 aliphatic rings. The molecule has 1 aromatic heterocycles. The molecule has 1 N–H and O–H groups in total. The summed E-state index contributed by atoms with van der Waals surface area (Å²) in [7, 11) is 0. The fourth-order valence-corrected chi connectivity index (χ4v) is 3.27. The van der Waals surface area contributed by atoms with E-state index >= 15 is 0 Å². The Bertz CT molecular complexity index is 790. The van der Waals surface area contributed by atoms with Crippen LogP contribution in [0, 0.1) is 0 Å². The Labute approximate surface area is 167 Å². The number of carbonyl (C=O) groups excluding carboxylic acids is 1. The number of alkyl halides is 3. The molecule has 0 bridgehead atoms. The molecule has 0 radical (unpaired) electrons. The van der Waals surface area contributed by atoms with Gasteiger partial charge >= 0.3 is 6.18 Å². The third-order valence-electron chi connectivity index (χ3n) is 4.63. The van der Waals surface area contributed by atoms with Crippen molar-refractivity contribution in [1.82, 2.24) is 25.2 Å². The number of rotatable bonds is 5. The number of hydrogen-bond acceptors (Lipinski definition) is 4. The Morgan fingerprint density at radius 3 is 2.68 bits per heavy atom. The third-order valence-corrected chi connectivity index (χ3v) is 4.63. The Hall–Kier alpha value is -2.13. The van der Waals surface area contributed by atoms with Crippen LogP contribution in [-0.2, 0) is 6.18 Å². The minimum atomic E-state index is -4.44. The van der Waals surface area contributed by atoms with Crippen molar-refractivity contribution in [1.29, 1.82) is 0 Å². The summed E-state index contributed by atoms with van der Waals surface area (Å²) in [5.41, 5.74) is -0.426. The number of carbonyl (C=O) groups is 1. The molecule has 1 aliphatic heterocycles. The summed E-state index contributed by atoms with van der Waals surface area (Å²) in [6.07, 6.45) is -0.498. The van der Waals surface area contributed by atoms with Crippen molar-refractivity contribution < 1.29 is 18.0 Å². The lowest BCUT2D eigenvalue weighted by Gasteiger charge is -2.34. The van der Waals surface area contributed by atoms with Gasteiger partial charge in [0.15, 0.2) is 5.69 Å². The average Bonchev–Trinajstić information content (AvgIpc) is 3.16. The minimum absolute atomic E-state index is 0. The van der Waals surface area contributed by atoms with E-state index in [4.69, 9.17) is 0 Å². The van der Waals surface area contributed by atoms with E-state index in [-0.39, 0.29) is 35.7 Å². The summed E-state index contributed by atoms with van der Waals surface area (Å²) in [6, 6.07) is 4.91. The van der Waals surface area contributed by atoms with Crippen LogP contribution in [0.5, 0.6) is 0 Å². The Morgan fingerprint density at radius 1 is 1.32 bits per heavy atom. The van der Waals surface area contributed by atoms with Gasteiger partial charge in [-0.25, -0.2) is 4.68 Å². The van der Waals surface area contributed by atoms with Gasteiger partial charge < -0.3 is 10.2 Å². The van der Waals surface area contributed by atoms with Crippen molar-refractivity contribution in [2.75, 3.05) is 19.6 Å². The topological polar surface area (TPSA) is 63.1 Å². The summed E-state index contributed by atoms with van der Waals surface area (Å²) in [4.78, 5) is 14.7. The van der Waals surface area contributed by atoms with Crippen molar-refractivity contribution in [3.05, 3.63) is 41.7 Å². The molecule has 10 heteroatoms. The number of aromatic nitrogens is 3. The second kappa shape index (κ2) is 9.38. The number of amides is 1. The second-order valence-corrected chi connectivity index (χ2v) is 6.58. The lowest BCUT2D eigenvalue weighted by atomic mass is 10.0. The van der Waals surface area contributed by atoms with Crippen molar-refractivity contribution in [3.8, 4) is 5.69 Å². The predicted molar refractivity (Wildman–Crippen MR) is 101 cm³/mol. The zero-order valence-electron chi connectivity index (χ0n) is 15.4. The van der Waals surface area contributed by atoms with E-state index in [0.29, 0.717) is 6.54 Å². The van der Waals surface area contributed by atoms with Crippen LogP contribution in [0.2, 0.25) is 0 Å². The second-order valence-electron chi connectivity index (χ2n) is 6.58. The number of benzene rings is 1. The lowest BCUT2D eigenvalue weighted by Crippen LogP contribution is -2.46. The molecule has 1 saturated heterocycles. The summed E-state index contributed by atoms with van der Waals surface area (Å²) in [5, 5.41) is 11.0. The maximum Gasteiger partial charge on any atom is 0.416 e. The monoisotopic (exact) mass is 417 g/mol. The molecule has 1 aromatic carbocycles. The van der Waals surface area contributed by atoms with Gasteiger partial charge in [0.2, 0.25) is 0 Å². The fraction of sp³-hybridized carbons (Fsp3) is 0.500. The van der Waals surface area contributed by atoms with Gasteiger partial charge in [0.25, 0.3) is 5.91 Å². The Morgan fingerprint density at radius 2 is 2.04 bits per heavy atom. The third kappa shape index (κ3) is 5.02. The summed E-state index contributed by atoms with van der Waals surface area (Å²) in [6.45, 7) is 4.32. The Balaban J connectivity index is 0.00000280. The maximum atomic E-state index is 12.9. The summed E-state index contributed by atoms with van der Waals surface area (Å²) < 4.78 is 39.9. The van der Waals surface area contributed by atoms with Crippen LogP contribution in [0.3, 0.4) is 0 Å². The number of nitrogens with one attached hydrogen (secondary N) is 1. The zero-order valence-corrected chi connectivity index (χ0v) is 16.3. The van der Waals surface area contributed by atoms with E-state index in [1.165, 1.54) is 23.0 Å². The first-order valence-corrected chi connectivity index (χ1v) is 9.02. The largest absolute Gasteiger partial charge is 0.416 e. The van der Waals surface area contributed by atoms with E-state index in [9.17, 15) is 18.0 Å². The quantitative estimate of drug-likeness (QED) is 0.810. The first kappa shape index (κ1) is 22.2. The highest BCUT2D eigenvalue weighted by atomic mass is 35.5. The maximum absolute atomic E-state index is 12.9. The van der Waals surface area contributed by atoms with Gasteiger partial charge in [-0.15, -0.1) is 17.5 Å². The van der Waals surface area contributed by atoms with Crippen molar-refractivity contribution in [2.24, 2.45) is 0 Å². The van der Waals surface area contributed by atoms with E-state index < -0.39 is 11.7 Å². The molecule has 6 nitrogen and oxygen atoms in total. The average molecular weight is 418 g/mol. The zero-order chi connectivity index (χ0) is 19.4. The van der Waals surface area contributed by atoms with Gasteiger partial charge in [0, 0.05) is 12.6 Å². The molecule has 0 saturated carbocycles. The Kier molecular flexibility index (Phi) is 7.42. The van der Waals surface area contributed by atoms with Crippen molar-refractivity contribution in [3.63, 3.8) is 0 Å². The van der Waals surface area contributed by atoms with E-state index in [1.807, 2.05) is 6.92 Å². The number of hydrogen-bond donors (Lipinski definition) is 1. The molecule has 2 aromatic rings. The summed E-state index contributed by atoms with van der Waals surface area (Å²) in [5.74, 6) is -0.234. The van der Waals surface area contributed by atoms with Gasteiger partial charge in [-0.1, -0.05) is 18.2 Å². The fourth-order valence-electron chi connectivity index (χ4n) is 3.27. The standard InChI is InChI=1S/C18H22F3N5O.ClH/c1-2-10-25(14-6-8-22-9-7-14)17(27)16-12-26(24-23-16)15-5-3-4-13(11-15)18(19,20)21;/h3-5,11-12,14,22H,2,6-10H2,1H3;1H. The SMILES string of the molecule is CCCN(C(=O)c1cn(-c2cccc(C(F)(F)F)c2)nn1)C1CCNCC1.Cl. The smallest absolute Gasteiger partial charge is 0.334 e. The molecular formula is C18H23ClF3N5O. The van der Waals surface area contributed by atoms with Gasteiger partial charge in [-0.2, -0.15) is 13.2 Å². The molecule has 1 fully saturated rings. The highest BCUT2D eigenvalue weighted by molar-refractivity contribution is 5.92. The first-order chi connectivity index (χ1) is 12.9. The first-order valence-electron chi connectivity index (χ1n) is 9.02. The molecule has 28 heavy (non-hydrogen) atoms. The van der Waals surface area contributed by atoms with Gasteiger partial charge in [-0.05, 0) is 50.6 Å². The van der Waals surface area contributed by atoms with Gasteiger partial charge in [0.1, 0.15) is 0 Å². The summed E-state index contributed by atoms with van der Waals surface area (Å²) >= 11 is 0. The molecule has 0 aliphatic carbocycles.